The lowest BCUT2D eigenvalue weighted by Crippen LogP contribution is -2.52. The van der Waals surface area contributed by atoms with Crippen LogP contribution in [0.5, 0.6) is 0 Å². The highest BCUT2D eigenvalue weighted by Crippen LogP contribution is 2.58. The van der Waals surface area contributed by atoms with Crippen molar-refractivity contribution in [2.45, 2.75) is 44.1 Å². The molecule has 1 saturated carbocycles. The van der Waals surface area contributed by atoms with Crippen LogP contribution in [0.25, 0.3) is 0 Å². The van der Waals surface area contributed by atoms with Gasteiger partial charge >= 0.3 is 0 Å². The SMILES string of the molecule is NC1(c2cnccn2)c2ccccc2CC12CCCCC2. The van der Waals surface area contributed by atoms with Gasteiger partial charge < -0.3 is 5.73 Å². The standard InChI is InChI=1S/C18H21N3/c19-18(16-13-20-10-11-21-16)15-7-3-2-6-14(15)12-17(18)8-4-1-5-9-17/h2-3,6-7,10-11,13H,1,4-5,8-9,12,19H2. The Bertz CT molecular complexity index is 647. The lowest BCUT2D eigenvalue weighted by atomic mass is 9.61. The highest BCUT2D eigenvalue weighted by molar-refractivity contribution is 5.48. The molecule has 4 rings (SSSR count). The van der Waals surface area contributed by atoms with Crippen LogP contribution < -0.4 is 5.73 Å². The van der Waals surface area contributed by atoms with Gasteiger partial charge in [-0.2, -0.15) is 0 Å². The molecule has 1 aromatic carbocycles. The fourth-order valence-corrected chi connectivity index (χ4v) is 4.56. The topological polar surface area (TPSA) is 51.8 Å². The first-order valence-corrected chi connectivity index (χ1v) is 7.90. The maximum Gasteiger partial charge on any atom is 0.0917 e. The van der Waals surface area contributed by atoms with E-state index >= 15 is 0 Å². The molecule has 3 heteroatoms. The van der Waals surface area contributed by atoms with Crippen LogP contribution in [-0.2, 0) is 12.0 Å². The van der Waals surface area contributed by atoms with Gasteiger partial charge in [0.1, 0.15) is 0 Å². The van der Waals surface area contributed by atoms with Gasteiger partial charge in [0.05, 0.1) is 17.4 Å². The quantitative estimate of drug-likeness (QED) is 0.872. The van der Waals surface area contributed by atoms with E-state index in [9.17, 15) is 0 Å². The number of rotatable bonds is 1. The summed E-state index contributed by atoms with van der Waals surface area (Å²) in [5.74, 6) is 0. The fraction of sp³-hybridized carbons (Fsp3) is 0.444. The summed E-state index contributed by atoms with van der Waals surface area (Å²) in [6, 6.07) is 8.64. The van der Waals surface area contributed by atoms with E-state index in [1.807, 2.05) is 6.20 Å². The third-order valence-electron chi connectivity index (χ3n) is 5.59. The van der Waals surface area contributed by atoms with E-state index in [2.05, 4.69) is 34.2 Å². The summed E-state index contributed by atoms with van der Waals surface area (Å²) in [7, 11) is 0. The summed E-state index contributed by atoms with van der Waals surface area (Å²) in [6.07, 6.45) is 12.7. The molecule has 0 saturated heterocycles. The van der Waals surface area contributed by atoms with Crippen molar-refractivity contribution in [3.8, 4) is 0 Å². The Kier molecular flexibility index (Phi) is 2.86. The lowest BCUT2D eigenvalue weighted by Gasteiger charge is -2.46. The second-order valence-corrected chi connectivity index (χ2v) is 6.57. The maximum atomic E-state index is 7.10. The fourth-order valence-electron chi connectivity index (χ4n) is 4.56. The zero-order valence-electron chi connectivity index (χ0n) is 12.3. The Balaban J connectivity index is 1.94. The van der Waals surface area contributed by atoms with Crippen LogP contribution in [0, 0.1) is 5.41 Å². The van der Waals surface area contributed by atoms with Crippen molar-refractivity contribution in [1.82, 2.24) is 9.97 Å². The predicted molar refractivity (Wildman–Crippen MR) is 82.7 cm³/mol. The van der Waals surface area contributed by atoms with E-state index < -0.39 is 5.54 Å². The second kappa shape index (κ2) is 4.63. The van der Waals surface area contributed by atoms with Crippen LogP contribution in [0.2, 0.25) is 0 Å². The van der Waals surface area contributed by atoms with Gasteiger partial charge in [-0.1, -0.05) is 43.5 Å². The van der Waals surface area contributed by atoms with E-state index in [0.29, 0.717) is 0 Å². The molecule has 21 heavy (non-hydrogen) atoms. The minimum absolute atomic E-state index is 0.116. The van der Waals surface area contributed by atoms with E-state index in [0.717, 1.165) is 12.1 Å². The van der Waals surface area contributed by atoms with Crippen LogP contribution in [-0.4, -0.2) is 9.97 Å². The molecule has 1 unspecified atom stereocenters. The highest BCUT2D eigenvalue weighted by atomic mass is 14.9. The van der Waals surface area contributed by atoms with E-state index in [1.165, 1.54) is 43.2 Å². The molecule has 1 fully saturated rings. The van der Waals surface area contributed by atoms with Crippen molar-refractivity contribution in [3.05, 3.63) is 59.7 Å². The average Bonchev–Trinajstić information content (AvgIpc) is 2.79. The Morgan fingerprint density at radius 1 is 1.00 bits per heavy atom. The zero-order valence-corrected chi connectivity index (χ0v) is 12.3. The van der Waals surface area contributed by atoms with E-state index in [1.54, 1.807) is 12.4 Å². The largest absolute Gasteiger partial charge is 0.316 e. The summed E-state index contributed by atoms with van der Waals surface area (Å²) in [5, 5.41) is 0. The molecular formula is C18H21N3. The normalized spacial score (nSPS) is 26.7. The van der Waals surface area contributed by atoms with Crippen molar-refractivity contribution < 1.29 is 0 Å². The number of benzene rings is 1. The smallest absolute Gasteiger partial charge is 0.0917 e. The predicted octanol–water partition coefficient (Wildman–Crippen LogP) is 3.19. The maximum absolute atomic E-state index is 7.10. The average molecular weight is 279 g/mol. The third-order valence-corrected chi connectivity index (χ3v) is 5.59. The first kappa shape index (κ1) is 13.0. The molecule has 1 aromatic heterocycles. The Hall–Kier alpha value is -1.74. The second-order valence-electron chi connectivity index (χ2n) is 6.57. The molecule has 1 atom stereocenters. The summed E-state index contributed by atoms with van der Waals surface area (Å²) < 4.78 is 0. The van der Waals surface area contributed by atoms with Crippen molar-refractivity contribution >= 4 is 0 Å². The molecule has 1 spiro atoms. The van der Waals surface area contributed by atoms with E-state index in [-0.39, 0.29) is 5.41 Å². The summed E-state index contributed by atoms with van der Waals surface area (Å²) in [4.78, 5) is 8.88. The number of fused-ring (bicyclic) bond motifs is 1. The first-order chi connectivity index (χ1) is 10.3. The van der Waals surface area contributed by atoms with Gasteiger partial charge in [0.2, 0.25) is 0 Å². The number of nitrogens with zero attached hydrogens (tertiary/aromatic N) is 2. The summed E-state index contributed by atoms with van der Waals surface area (Å²) in [5.41, 5.74) is 10.3. The van der Waals surface area contributed by atoms with Gasteiger partial charge in [0, 0.05) is 17.8 Å². The van der Waals surface area contributed by atoms with Gasteiger partial charge in [-0.3, -0.25) is 9.97 Å². The Morgan fingerprint density at radius 3 is 2.57 bits per heavy atom. The molecular weight excluding hydrogens is 258 g/mol. The molecule has 2 aliphatic rings. The van der Waals surface area contributed by atoms with Gasteiger partial charge in [0.15, 0.2) is 0 Å². The monoisotopic (exact) mass is 279 g/mol. The van der Waals surface area contributed by atoms with Crippen molar-refractivity contribution in [2.75, 3.05) is 0 Å². The van der Waals surface area contributed by atoms with Gasteiger partial charge in [-0.05, 0) is 30.4 Å². The van der Waals surface area contributed by atoms with Crippen LogP contribution in [0.15, 0.2) is 42.9 Å². The minimum Gasteiger partial charge on any atom is -0.316 e. The van der Waals surface area contributed by atoms with Crippen LogP contribution in [0.1, 0.15) is 48.9 Å². The van der Waals surface area contributed by atoms with Crippen LogP contribution in [0.4, 0.5) is 0 Å². The molecule has 108 valence electrons. The molecule has 3 nitrogen and oxygen atoms in total. The highest BCUT2D eigenvalue weighted by Gasteiger charge is 2.57. The Labute approximate surface area is 125 Å². The molecule has 2 N–H and O–H groups in total. The van der Waals surface area contributed by atoms with Crippen LogP contribution >= 0.6 is 0 Å². The minimum atomic E-state index is -0.488. The number of aromatic nitrogens is 2. The molecule has 0 amide bonds. The molecule has 2 aliphatic carbocycles. The van der Waals surface area contributed by atoms with Crippen LogP contribution in [0.3, 0.4) is 0 Å². The van der Waals surface area contributed by atoms with Gasteiger partial charge in [-0.25, -0.2) is 0 Å². The molecule has 0 aliphatic heterocycles. The zero-order chi connectivity index (χ0) is 14.3. The van der Waals surface area contributed by atoms with Crippen molar-refractivity contribution in [3.63, 3.8) is 0 Å². The lowest BCUT2D eigenvalue weighted by molar-refractivity contribution is 0.107. The van der Waals surface area contributed by atoms with Crippen molar-refractivity contribution in [2.24, 2.45) is 11.1 Å². The molecule has 1 heterocycles. The number of hydrogen-bond donors (Lipinski definition) is 1. The van der Waals surface area contributed by atoms with Crippen molar-refractivity contribution in [1.29, 1.82) is 0 Å². The molecule has 2 aromatic rings. The van der Waals surface area contributed by atoms with E-state index in [4.69, 9.17) is 5.73 Å². The molecule has 0 radical (unpaired) electrons. The number of nitrogens with two attached hydrogens (primary N) is 1. The first-order valence-electron chi connectivity index (χ1n) is 7.90. The summed E-state index contributed by atoms with van der Waals surface area (Å²) >= 11 is 0. The van der Waals surface area contributed by atoms with Gasteiger partial charge in [-0.15, -0.1) is 0 Å². The molecule has 0 bridgehead atoms. The third kappa shape index (κ3) is 1.70. The number of hydrogen-bond acceptors (Lipinski definition) is 3. The Morgan fingerprint density at radius 2 is 1.81 bits per heavy atom. The summed E-state index contributed by atoms with van der Waals surface area (Å²) in [6.45, 7) is 0. The van der Waals surface area contributed by atoms with Gasteiger partial charge in [0.25, 0.3) is 0 Å².